The van der Waals surface area contributed by atoms with Gasteiger partial charge in [-0.1, -0.05) is 0 Å². The molecule has 4 nitrogen and oxygen atoms in total. The summed E-state index contributed by atoms with van der Waals surface area (Å²) in [5, 5.41) is 12.9. The molecule has 0 unspecified atom stereocenters. The predicted molar refractivity (Wildman–Crippen MR) is 67.5 cm³/mol. The van der Waals surface area contributed by atoms with Crippen LogP contribution in [-0.4, -0.2) is 20.9 Å². The third-order valence-corrected chi connectivity index (χ3v) is 3.49. The molecule has 1 saturated carbocycles. The first kappa shape index (κ1) is 14.6. The first-order chi connectivity index (χ1) is 10.3. The van der Waals surface area contributed by atoms with Crippen molar-refractivity contribution in [3.8, 4) is 5.69 Å². The largest absolute Gasteiger partial charge is 0.478 e. The number of benzene rings is 1. The van der Waals surface area contributed by atoms with E-state index < -0.39 is 23.5 Å². The van der Waals surface area contributed by atoms with Crippen LogP contribution >= 0.6 is 0 Å². The summed E-state index contributed by atoms with van der Waals surface area (Å²) < 4.78 is 53.4. The minimum atomic E-state index is -4.77. The number of carboxylic acid groups (broad SMARTS) is 1. The predicted octanol–water partition coefficient (Wildman–Crippen LogP) is 3.61. The fraction of sp³-hybridized carbons (Fsp3) is 0.286. The van der Waals surface area contributed by atoms with E-state index in [-0.39, 0.29) is 22.9 Å². The van der Waals surface area contributed by atoms with E-state index in [1.54, 1.807) is 0 Å². The van der Waals surface area contributed by atoms with E-state index in [9.17, 15) is 22.4 Å². The van der Waals surface area contributed by atoms with Gasteiger partial charge in [0.05, 0.1) is 23.1 Å². The molecule has 116 valence electrons. The molecule has 0 aliphatic heterocycles. The smallest absolute Gasteiger partial charge is 0.418 e. The Morgan fingerprint density at radius 1 is 1.32 bits per heavy atom. The number of hydrogen-bond donors (Lipinski definition) is 1. The molecular formula is C14H10F4N2O2. The van der Waals surface area contributed by atoms with E-state index in [1.807, 2.05) is 0 Å². The van der Waals surface area contributed by atoms with Gasteiger partial charge in [0.25, 0.3) is 0 Å². The third-order valence-electron chi connectivity index (χ3n) is 3.49. The van der Waals surface area contributed by atoms with Crippen molar-refractivity contribution >= 4 is 5.97 Å². The first-order valence-corrected chi connectivity index (χ1v) is 6.47. The van der Waals surface area contributed by atoms with Crippen molar-refractivity contribution in [2.45, 2.75) is 24.9 Å². The Balaban J connectivity index is 2.23. The summed E-state index contributed by atoms with van der Waals surface area (Å²) in [6, 6.07) is 2.24. The highest BCUT2D eigenvalue weighted by Gasteiger charge is 2.38. The van der Waals surface area contributed by atoms with Crippen LogP contribution in [0.5, 0.6) is 0 Å². The quantitative estimate of drug-likeness (QED) is 0.881. The van der Waals surface area contributed by atoms with Gasteiger partial charge in [-0.15, -0.1) is 0 Å². The molecule has 22 heavy (non-hydrogen) atoms. The zero-order chi connectivity index (χ0) is 16.1. The SMILES string of the molecule is O=C(O)c1cnn(-c2ccc(F)cc2C(F)(F)F)c1C1CC1. The molecule has 8 heteroatoms. The number of alkyl halides is 3. The highest BCUT2D eigenvalue weighted by Crippen LogP contribution is 2.44. The Kier molecular flexibility index (Phi) is 3.19. The van der Waals surface area contributed by atoms with Crippen LogP contribution < -0.4 is 0 Å². The van der Waals surface area contributed by atoms with E-state index in [4.69, 9.17) is 5.11 Å². The number of hydrogen-bond acceptors (Lipinski definition) is 2. The number of rotatable bonds is 3. The lowest BCUT2D eigenvalue weighted by Gasteiger charge is -2.15. The molecule has 0 saturated heterocycles. The highest BCUT2D eigenvalue weighted by molar-refractivity contribution is 5.89. The van der Waals surface area contributed by atoms with Gasteiger partial charge in [-0.2, -0.15) is 18.3 Å². The lowest BCUT2D eigenvalue weighted by molar-refractivity contribution is -0.137. The Bertz CT molecular complexity index is 748. The van der Waals surface area contributed by atoms with Crippen LogP contribution in [0, 0.1) is 5.82 Å². The van der Waals surface area contributed by atoms with Gasteiger partial charge < -0.3 is 5.11 Å². The fourth-order valence-electron chi connectivity index (χ4n) is 2.38. The summed E-state index contributed by atoms with van der Waals surface area (Å²) in [6.45, 7) is 0. The monoisotopic (exact) mass is 314 g/mol. The molecule has 1 aliphatic rings. The van der Waals surface area contributed by atoms with Crippen LogP contribution in [0.15, 0.2) is 24.4 Å². The highest BCUT2D eigenvalue weighted by atomic mass is 19.4. The average molecular weight is 314 g/mol. The number of aromatic nitrogens is 2. The molecule has 0 spiro atoms. The van der Waals surface area contributed by atoms with Crippen molar-refractivity contribution in [1.82, 2.24) is 9.78 Å². The topological polar surface area (TPSA) is 55.1 Å². The summed E-state index contributed by atoms with van der Waals surface area (Å²) in [7, 11) is 0. The standard InChI is InChI=1S/C14H10F4N2O2/c15-8-3-4-11(10(5-8)14(16,17)18)20-12(7-1-2-7)9(6-19-20)13(21)22/h3-7H,1-2H2,(H,21,22). The molecule has 1 fully saturated rings. The maximum Gasteiger partial charge on any atom is 0.418 e. The van der Waals surface area contributed by atoms with Crippen LogP contribution in [0.25, 0.3) is 5.69 Å². The molecule has 1 aliphatic carbocycles. The van der Waals surface area contributed by atoms with Crippen LogP contribution in [0.1, 0.15) is 40.4 Å². The Labute approximate surface area is 122 Å². The maximum atomic E-state index is 13.2. The van der Waals surface area contributed by atoms with E-state index in [2.05, 4.69) is 5.10 Å². The van der Waals surface area contributed by atoms with E-state index in [0.29, 0.717) is 18.9 Å². The van der Waals surface area contributed by atoms with Gasteiger partial charge in [0, 0.05) is 5.92 Å². The molecule has 0 amide bonds. The van der Waals surface area contributed by atoms with Gasteiger partial charge >= 0.3 is 12.1 Å². The second-order valence-corrected chi connectivity index (χ2v) is 5.09. The number of carboxylic acids is 1. The number of aromatic carboxylic acids is 1. The van der Waals surface area contributed by atoms with Crippen molar-refractivity contribution in [2.24, 2.45) is 0 Å². The number of nitrogens with zero attached hydrogens (tertiary/aromatic N) is 2. The second-order valence-electron chi connectivity index (χ2n) is 5.09. The second kappa shape index (κ2) is 4.82. The van der Waals surface area contributed by atoms with Gasteiger partial charge in [-0.3, -0.25) is 0 Å². The van der Waals surface area contributed by atoms with Crippen molar-refractivity contribution in [2.75, 3.05) is 0 Å². The van der Waals surface area contributed by atoms with Crippen LogP contribution in [0.3, 0.4) is 0 Å². The zero-order valence-electron chi connectivity index (χ0n) is 11.1. The van der Waals surface area contributed by atoms with Gasteiger partial charge in [-0.05, 0) is 31.0 Å². The van der Waals surface area contributed by atoms with Crippen LogP contribution in [0.4, 0.5) is 17.6 Å². The lowest BCUT2D eigenvalue weighted by atomic mass is 10.1. The summed E-state index contributed by atoms with van der Waals surface area (Å²) >= 11 is 0. The average Bonchev–Trinajstić information content (AvgIpc) is 3.16. The van der Waals surface area contributed by atoms with Gasteiger partial charge in [0.15, 0.2) is 0 Å². The minimum Gasteiger partial charge on any atom is -0.478 e. The molecule has 2 aromatic rings. The fourth-order valence-corrected chi connectivity index (χ4v) is 2.38. The van der Waals surface area contributed by atoms with E-state index >= 15 is 0 Å². The molecule has 0 atom stereocenters. The molecule has 1 aromatic heterocycles. The molecule has 0 bridgehead atoms. The van der Waals surface area contributed by atoms with Crippen molar-refractivity contribution in [3.63, 3.8) is 0 Å². The maximum absolute atomic E-state index is 13.2. The van der Waals surface area contributed by atoms with Crippen LogP contribution in [-0.2, 0) is 6.18 Å². The summed E-state index contributed by atoms with van der Waals surface area (Å²) in [4.78, 5) is 11.2. The van der Waals surface area contributed by atoms with Crippen LogP contribution in [0.2, 0.25) is 0 Å². The van der Waals surface area contributed by atoms with Gasteiger partial charge in [0.1, 0.15) is 11.4 Å². The number of carbonyl (C=O) groups is 1. The third kappa shape index (κ3) is 2.44. The Morgan fingerprint density at radius 3 is 2.55 bits per heavy atom. The summed E-state index contributed by atoms with van der Waals surface area (Å²) in [6.07, 6.45) is -2.36. The molecule has 1 heterocycles. The molecule has 3 rings (SSSR count). The Hall–Kier alpha value is -2.38. The van der Waals surface area contributed by atoms with E-state index in [0.717, 1.165) is 23.0 Å². The molecule has 1 N–H and O–H groups in total. The summed E-state index contributed by atoms with van der Waals surface area (Å²) in [5.74, 6) is -2.40. The Morgan fingerprint density at radius 2 is 2.00 bits per heavy atom. The van der Waals surface area contributed by atoms with E-state index in [1.165, 1.54) is 0 Å². The van der Waals surface area contributed by atoms with Crippen molar-refractivity contribution < 1.29 is 27.5 Å². The van der Waals surface area contributed by atoms with Gasteiger partial charge in [-0.25, -0.2) is 13.9 Å². The lowest BCUT2D eigenvalue weighted by Crippen LogP contribution is -2.14. The molecule has 0 radical (unpaired) electrons. The zero-order valence-corrected chi connectivity index (χ0v) is 11.1. The van der Waals surface area contributed by atoms with Crippen molar-refractivity contribution in [3.05, 3.63) is 47.0 Å². The molecular weight excluding hydrogens is 304 g/mol. The first-order valence-electron chi connectivity index (χ1n) is 6.47. The van der Waals surface area contributed by atoms with Gasteiger partial charge in [0.2, 0.25) is 0 Å². The minimum absolute atomic E-state index is 0.125. The van der Waals surface area contributed by atoms with Crippen molar-refractivity contribution in [1.29, 1.82) is 0 Å². The number of halogens is 4. The summed E-state index contributed by atoms with van der Waals surface area (Å²) in [5.41, 5.74) is -1.46. The normalized spacial score (nSPS) is 15.1. The molecule has 1 aromatic carbocycles.